The summed E-state index contributed by atoms with van der Waals surface area (Å²) in [6.45, 7) is 0. The number of rotatable bonds is 1. The molecule has 0 bridgehead atoms. The minimum absolute atomic E-state index is 0.933. The van der Waals surface area contributed by atoms with E-state index in [9.17, 15) is 0 Å². The van der Waals surface area contributed by atoms with Crippen LogP contribution < -0.4 is 0 Å². The number of benzene rings is 8. The van der Waals surface area contributed by atoms with Crippen LogP contribution >= 0.6 is 0 Å². The van der Waals surface area contributed by atoms with E-state index in [0.717, 1.165) is 11.2 Å². The normalized spacial score (nSPS) is 12.5. The molecule has 0 saturated carbocycles. The van der Waals surface area contributed by atoms with Gasteiger partial charge in [0.05, 0.1) is 11.0 Å². The van der Waals surface area contributed by atoms with Crippen molar-refractivity contribution in [2.75, 3.05) is 0 Å². The number of aromatic nitrogens is 1. The zero-order valence-corrected chi connectivity index (χ0v) is 21.5. The molecular formula is C38H21NO. The molecule has 10 rings (SSSR count). The van der Waals surface area contributed by atoms with E-state index in [0.29, 0.717) is 0 Å². The lowest BCUT2D eigenvalue weighted by Crippen LogP contribution is -1.94. The van der Waals surface area contributed by atoms with E-state index in [2.05, 4.69) is 126 Å². The molecule has 0 radical (unpaired) electrons. The number of furan rings is 1. The van der Waals surface area contributed by atoms with Crippen molar-refractivity contribution in [3.05, 3.63) is 127 Å². The third kappa shape index (κ3) is 2.41. The molecule has 40 heavy (non-hydrogen) atoms. The highest BCUT2D eigenvalue weighted by molar-refractivity contribution is 6.41. The Morgan fingerprint density at radius 2 is 0.950 bits per heavy atom. The van der Waals surface area contributed by atoms with Crippen LogP contribution in [-0.2, 0) is 0 Å². The molecule has 0 aliphatic heterocycles. The van der Waals surface area contributed by atoms with Gasteiger partial charge in [0, 0.05) is 27.2 Å². The van der Waals surface area contributed by atoms with Gasteiger partial charge in [-0.15, -0.1) is 0 Å². The third-order valence-electron chi connectivity index (χ3n) is 8.89. The third-order valence-corrected chi connectivity index (χ3v) is 8.89. The largest absolute Gasteiger partial charge is 0.456 e. The van der Waals surface area contributed by atoms with Gasteiger partial charge in [-0.1, -0.05) is 91.0 Å². The van der Waals surface area contributed by atoms with Gasteiger partial charge in [0.15, 0.2) is 0 Å². The van der Waals surface area contributed by atoms with Gasteiger partial charge in [-0.05, 0) is 79.5 Å². The highest BCUT2D eigenvalue weighted by Crippen LogP contribution is 2.48. The Balaban J connectivity index is 1.53. The molecule has 0 atom stereocenters. The molecule has 8 aromatic carbocycles. The molecule has 0 N–H and O–H groups in total. The van der Waals surface area contributed by atoms with Crippen molar-refractivity contribution in [2.45, 2.75) is 0 Å². The number of hydrogen-bond donors (Lipinski definition) is 0. The maximum Gasteiger partial charge on any atom is 0.136 e. The van der Waals surface area contributed by atoms with E-state index in [4.69, 9.17) is 4.42 Å². The molecule has 2 heterocycles. The molecule has 10 aromatic rings. The van der Waals surface area contributed by atoms with Crippen molar-refractivity contribution in [2.24, 2.45) is 0 Å². The number of fused-ring (bicyclic) bond motifs is 10. The Morgan fingerprint density at radius 1 is 0.350 bits per heavy atom. The quantitative estimate of drug-likeness (QED) is 0.160. The first kappa shape index (κ1) is 20.6. The zero-order chi connectivity index (χ0) is 25.9. The van der Waals surface area contributed by atoms with Crippen LogP contribution in [0, 0.1) is 0 Å². The molecule has 2 heteroatoms. The molecule has 0 amide bonds. The predicted molar refractivity (Wildman–Crippen MR) is 169 cm³/mol. The number of hydrogen-bond acceptors (Lipinski definition) is 1. The molecular weight excluding hydrogens is 486 g/mol. The molecule has 0 fully saturated rings. The summed E-state index contributed by atoms with van der Waals surface area (Å²) in [4.78, 5) is 0. The lowest BCUT2D eigenvalue weighted by Gasteiger charge is -2.16. The minimum Gasteiger partial charge on any atom is -0.456 e. The smallest absolute Gasteiger partial charge is 0.136 e. The topological polar surface area (TPSA) is 18.1 Å². The minimum atomic E-state index is 0.933. The summed E-state index contributed by atoms with van der Waals surface area (Å²) in [5.41, 5.74) is 5.50. The molecule has 0 saturated heterocycles. The van der Waals surface area contributed by atoms with Crippen LogP contribution in [0.1, 0.15) is 0 Å². The van der Waals surface area contributed by atoms with Crippen molar-refractivity contribution in [1.82, 2.24) is 4.57 Å². The van der Waals surface area contributed by atoms with Crippen LogP contribution in [0.25, 0.3) is 92.5 Å². The molecule has 0 unspecified atom stereocenters. The SMILES string of the molecule is c1ccc(-n2c3ccccc3c3c4cccc5c6cccc7c8c(cc(c(cc32)c54)c67)oc2ccccc28)cc1. The fraction of sp³-hybridized carbons (Fsp3) is 0. The van der Waals surface area contributed by atoms with Crippen molar-refractivity contribution in [1.29, 1.82) is 0 Å². The predicted octanol–water partition coefficient (Wildman–Crippen LogP) is 10.7. The Bertz CT molecular complexity index is 2640. The van der Waals surface area contributed by atoms with Gasteiger partial charge in [0.2, 0.25) is 0 Å². The average molecular weight is 508 g/mol. The molecule has 0 aliphatic carbocycles. The van der Waals surface area contributed by atoms with Gasteiger partial charge in [0.1, 0.15) is 11.2 Å². The van der Waals surface area contributed by atoms with Gasteiger partial charge < -0.3 is 8.98 Å². The fourth-order valence-corrected chi connectivity index (χ4v) is 7.37. The number of nitrogens with zero attached hydrogens (tertiary/aromatic N) is 1. The monoisotopic (exact) mass is 507 g/mol. The second-order valence-corrected chi connectivity index (χ2v) is 10.9. The summed E-state index contributed by atoms with van der Waals surface area (Å²) < 4.78 is 8.90. The Labute approximate surface area is 228 Å². The van der Waals surface area contributed by atoms with Crippen LogP contribution in [0.4, 0.5) is 0 Å². The second kappa shape index (κ2) is 7.19. The summed E-state index contributed by atoms with van der Waals surface area (Å²) in [6.07, 6.45) is 0. The van der Waals surface area contributed by atoms with E-state index in [-0.39, 0.29) is 0 Å². The van der Waals surface area contributed by atoms with Crippen molar-refractivity contribution in [3.8, 4) is 5.69 Å². The van der Waals surface area contributed by atoms with E-state index in [1.54, 1.807) is 0 Å². The van der Waals surface area contributed by atoms with Crippen LogP contribution in [0.5, 0.6) is 0 Å². The average Bonchev–Trinajstić information content (AvgIpc) is 3.55. The van der Waals surface area contributed by atoms with E-state index in [1.807, 2.05) is 6.07 Å². The van der Waals surface area contributed by atoms with E-state index in [1.165, 1.54) is 81.4 Å². The fourth-order valence-electron chi connectivity index (χ4n) is 7.37. The van der Waals surface area contributed by atoms with E-state index >= 15 is 0 Å². The first-order valence-corrected chi connectivity index (χ1v) is 13.8. The number of para-hydroxylation sites is 3. The first-order chi connectivity index (χ1) is 19.9. The summed E-state index contributed by atoms with van der Waals surface area (Å²) in [7, 11) is 0. The van der Waals surface area contributed by atoms with Crippen molar-refractivity contribution < 1.29 is 4.42 Å². The Hall–Kier alpha value is -5.34. The highest BCUT2D eigenvalue weighted by atomic mass is 16.3. The molecule has 184 valence electrons. The van der Waals surface area contributed by atoms with Gasteiger partial charge in [0.25, 0.3) is 0 Å². The van der Waals surface area contributed by atoms with Crippen LogP contribution in [-0.4, -0.2) is 4.57 Å². The molecule has 0 aliphatic rings. The zero-order valence-electron chi connectivity index (χ0n) is 21.5. The second-order valence-electron chi connectivity index (χ2n) is 10.9. The van der Waals surface area contributed by atoms with E-state index < -0.39 is 0 Å². The van der Waals surface area contributed by atoms with Crippen LogP contribution in [0.3, 0.4) is 0 Å². The standard InChI is InChI=1S/C38H21NO/c1-2-10-22(11-3-1)39-31-18-6-4-12-25(31)37-27-16-8-14-23-24-15-9-17-28-36(24)30(29(35(23)27)20-32(37)39)21-34-38(28)26-13-5-7-19-33(26)40-34/h1-21H. The van der Waals surface area contributed by atoms with Gasteiger partial charge in [-0.2, -0.15) is 0 Å². The Morgan fingerprint density at radius 3 is 1.75 bits per heavy atom. The van der Waals surface area contributed by atoms with Gasteiger partial charge in [-0.3, -0.25) is 0 Å². The summed E-state index contributed by atoms with van der Waals surface area (Å²) in [6, 6.07) is 46.2. The van der Waals surface area contributed by atoms with Gasteiger partial charge >= 0.3 is 0 Å². The maximum absolute atomic E-state index is 6.47. The maximum atomic E-state index is 6.47. The van der Waals surface area contributed by atoms with Crippen LogP contribution in [0.15, 0.2) is 132 Å². The van der Waals surface area contributed by atoms with Crippen molar-refractivity contribution >= 4 is 86.8 Å². The summed E-state index contributed by atoms with van der Waals surface area (Å²) in [5.74, 6) is 0. The van der Waals surface area contributed by atoms with Crippen molar-refractivity contribution in [3.63, 3.8) is 0 Å². The van der Waals surface area contributed by atoms with Gasteiger partial charge in [-0.25, -0.2) is 0 Å². The molecule has 0 spiro atoms. The summed E-state index contributed by atoms with van der Waals surface area (Å²) in [5, 5.41) is 15.2. The lowest BCUT2D eigenvalue weighted by molar-refractivity contribution is 0.669. The van der Waals surface area contributed by atoms with Crippen LogP contribution in [0.2, 0.25) is 0 Å². The Kier molecular flexibility index (Phi) is 3.70. The first-order valence-electron chi connectivity index (χ1n) is 13.8. The molecule has 2 aromatic heterocycles. The highest BCUT2D eigenvalue weighted by Gasteiger charge is 2.22. The summed E-state index contributed by atoms with van der Waals surface area (Å²) >= 11 is 0. The lowest BCUT2D eigenvalue weighted by atomic mass is 9.87. The molecule has 2 nitrogen and oxygen atoms in total.